The molecule has 1 saturated carbocycles. The summed E-state index contributed by atoms with van der Waals surface area (Å²) in [6.45, 7) is 3.76. The van der Waals surface area contributed by atoms with Crippen LogP contribution in [0.5, 0.6) is 0 Å². The number of aryl methyl sites for hydroxylation is 1. The zero-order valence-corrected chi connectivity index (χ0v) is 19.1. The van der Waals surface area contributed by atoms with Crippen molar-refractivity contribution < 1.29 is 18.0 Å². The Morgan fingerprint density at radius 2 is 1.82 bits per heavy atom. The molecule has 1 unspecified atom stereocenters. The minimum absolute atomic E-state index is 0.0455. The van der Waals surface area contributed by atoms with E-state index in [0.717, 1.165) is 43.4 Å². The number of amides is 1. The highest BCUT2D eigenvalue weighted by Gasteiger charge is 2.43. The molecule has 0 aromatic carbocycles. The maximum absolute atomic E-state index is 13.7. The van der Waals surface area contributed by atoms with E-state index >= 15 is 0 Å². The fourth-order valence-corrected chi connectivity index (χ4v) is 5.43. The number of alkyl halides is 3. The van der Waals surface area contributed by atoms with Crippen molar-refractivity contribution in [2.24, 2.45) is 0 Å². The number of thiazole rings is 1. The molecule has 3 heterocycles. The number of rotatable bonds is 5. The molecule has 0 bridgehead atoms. The van der Waals surface area contributed by atoms with Gasteiger partial charge < -0.3 is 5.32 Å². The van der Waals surface area contributed by atoms with Gasteiger partial charge >= 0.3 is 6.18 Å². The summed E-state index contributed by atoms with van der Waals surface area (Å²) < 4.78 is 41.2. The van der Waals surface area contributed by atoms with Crippen LogP contribution in [0, 0.1) is 6.92 Å². The number of carbonyl (C=O) groups is 1. The molecule has 1 N–H and O–H groups in total. The fraction of sp³-hybridized carbons (Fsp3) is 0.435. The predicted molar refractivity (Wildman–Crippen MR) is 119 cm³/mol. The first-order valence-corrected chi connectivity index (χ1v) is 11.6. The van der Waals surface area contributed by atoms with Crippen LogP contribution in [-0.4, -0.2) is 31.9 Å². The van der Waals surface area contributed by atoms with Crippen LogP contribution in [0.15, 0.2) is 36.8 Å². The number of hydrogen-bond donors (Lipinski definition) is 1. The molecule has 174 valence electrons. The number of nitrogens with one attached hydrogen (secondary N) is 1. The van der Waals surface area contributed by atoms with Crippen LogP contribution in [0.3, 0.4) is 0 Å². The van der Waals surface area contributed by atoms with Crippen molar-refractivity contribution in [2.75, 3.05) is 0 Å². The Bertz CT molecular complexity index is 1110. The van der Waals surface area contributed by atoms with Crippen LogP contribution in [0.1, 0.15) is 65.7 Å². The molecule has 0 spiro atoms. The molecule has 3 aromatic heterocycles. The molecular weight excluding hydrogens is 451 g/mol. The molecule has 4 rings (SSSR count). The lowest BCUT2D eigenvalue weighted by atomic mass is 9.65. The number of hydrogen-bond acceptors (Lipinski definition) is 6. The van der Waals surface area contributed by atoms with Gasteiger partial charge in [0.25, 0.3) is 5.91 Å². The Morgan fingerprint density at radius 1 is 1.12 bits per heavy atom. The maximum Gasteiger partial charge on any atom is 0.435 e. The predicted octanol–water partition coefficient (Wildman–Crippen LogP) is 5.34. The summed E-state index contributed by atoms with van der Waals surface area (Å²) in [5.41, 5.74) is 0.286. The topological polar surface area (TPSA) is 80.7 Å². The third-order valence-electron chi connectivity index (χ3n) is 6.27. The average molecular weight is 476 g/mol. The average Bonchev–Trinajstić information content (AvgIpc) is 3.27. The van der Waals surface area contributed by atoms with E-state index in [2.05, 4.69) is 25.3 Å². The first-order valence-electron chi connectivity index (χ1n) is 10.8. The van der Waals surface area contributed by atoms with Gasteiger partial charge in [0.15, 0.2) is 16.5 Å². The standard InChI is InChI=1S/C23H24F3N5OS/c1-14-7-8-16(13-29-14)22(9-4-3-5-10-22)15(2)30-20(32)17-18(23(24,25)26)31-21(33-17)19-27-11-6-12-28-19/h6-8,11-13,15H,3-5,9-10H2,1-2H3,(H,30,32). The molecule has 6 nitrogen and oxygen atoms in total. The Balaban J connectivity index is 1.66. The molecule has 10 heteroatoms. The van der Waals surface area contributed by atoms with Crippen LogP contribution in [0.4, 0.5) is 13.2 Å². The van der Waals surface area contributed by atoms with Gasteiger partial charge in [0.2, 0.25) is 0 Å². The number of halogens is 3. The van der Waals surface area contributed by atoms with Crippen molar-refractivity contribution in [3.63, 3.8) is 0 Å². The van der Waals surface area contributed by atoms with Gasteiger partial charge in [0.05, 0.1) is 0 Å². The molecule has 0 radical (unpaired) electrons. The van der Waals surface area contributed by atoms with Crippen molar-refractivity contribution in [1.82, 2.24) is 25.3 Å². The third-order valence-corrected chi connectivity index (χ3v) is 7.32. The summed E-state index contributed by atoms with van der Waals surface area (Å²) in [6, 6.07) is 5.10. The Kier molecular flexibility index (Phi) is 6.47. The summed E-state index contributed by atoms with van der Waals surface area (Å²) in [5, 5.41) is 2.81. The van der Waals surface area contributed by atoms with Crippen LogP contribution in [0.25, 0.3) is 10.8 Å². The number of carbonyl (C=O) groups excluding carboxylic acids is 1. The molecule has 1 fully saturated rings. The van der Waals surface area contributed by atoms with Crippen LogP contribution in [-0.2, 0) is 11.6 Å². The van der Waals surface area contributed by atoms with Gasteiger partial charge in [0.1, 0.15) is 4.88 Å². The quantitative estimate of drug-likeness (QED) is 0.539. The van der Waals surface area contributed by atoms with E-state index < -0.39 is 28.7 Å². The van der Waals surface area contributed by atoms with Gasteiger partial charge in [-0.05, 0) is 44.4 Å². The normalized spacial score (nSPS) is 16.9. The van der Waals surface area contributed by atoms with E-state index in [0.29, 0.717) is 11.3 Å². The van der Waals surface area contributed by atoms with E-state index in [1.54, 1.807) is 6.07 Å². The number of pyridine rings is 1. The Morgan fingerprint density at radius 3 is 2.42 bits per heavy atom. The van der Waals surface area contributed by atoms with Crippen molar-refractivity contribution in [2.45, 2.75) is 63.6 Å². The second kappa shape index (κ2) is 9.17. The van der Waals surface area contributed by atoms with Crippen molar-refractivity contribution in [3.8, 4) is 10.8 Å². The molecule has 1 aliphatic rings. The van der Waals surface area contributed by atoms with Gasteiger partial charge in [-0.1, -0.05) is 25.3 Å². The zero-order chi connectivity index (χ0) is 23.6. The monoisotopic (exact) mass is 475 g/mol. The van der Waals surface area contributed by atoms with Crippen LogP contribution >= 0.6 is 11.3 Å². The van der Waals surface area contributed by atoms with Gasteiger partial charge in [0, 0.05) is 35.7 Å². The molecule has 1 atom stereocenters. The summed E-state index contributed by atoms with van der Waals surface area (Å²) in [6.07, 6.45) is 4.60. The minimum atomic E-state index is -4.77. The SMILES string of the molecule is Cc1ccc(C2(C(C)NC(=O)c3sc(-c4ncccn4)nc3C(F)(F)F)CCCCC2)cn1. The lowest BCUT2D eigenvalue weighted by molar-refractivity contribution is -0.141. The third kappa shape index (κ3) is 4.75. The fourth-order valence-electron chi connectivity index (χ4n) is 4.49. The van der Waals surface area contributed by atoms with Crippen molar-refractivity contribution in [3.05, 3.63) is 58.6 Å². The second-order valence-electron chi connectivity index (χ2n) is 8.37. The largest absolute Gasteiger partial charge is 0.435 e. The first-order chi connectivity index (χ1) is 15.7. The molecular formula is C23H24F3N5OS. The second-order valence-corrected chi connectivity index (χ2v) is 9.37. The lowest BCUT2D eigenvalue weighted by Gasteiger charge is -2.43. The van der Waals surface area contributed by atoms with Crippen molar-refractivity contribution >= 4 is 17.2 Å². The molecule has 0 saturated heterocycles. The lowest BCUT2D eigenvalue weighted by Crippen LogP contribution is -2.50. The highest BCUT2D eigenvalue weighted by Crippen LogP contribution is 2.43. The van der Waals surface area contributed by atoms with Gasteiger partial charge in [-0.25, -0.2) is 15.0 Å². The first kappa shape index (κ1) is 23.3. The van der Waals surface area contributed by atoms with Gasteiger partial charge in [-0.3, -0.25) is 9.78 Å². The van der Waals surface area contributed by atoms with Gasteiger partial charge in [-0.15, -0.1) is 11.3 Å². The Hall–Kier alpha value is -2.88. The number of aromatic nitrogens is 4. The number of nitrogens with zero attached hydrogens (tertiary/aromatic N) is 4. The summed E-state index contributed by atoms with van der Waals surface area (Å²) in [7, 11) is 0. The highest BCUT2D eigenvalue weighted by molar-refractivity contribution is 7.17. The van der Waals surface area contributed by atoms with Crippen LogP contribution in [0.2, 0.25) is 0 Å². The van der Waals surface area contributed by atoms with Gasteiger partial charge in [-0.2, -0.15) is 13.2 Å². The molecule has 1 aliphatic carbocycles. The molecule has 3 aromatic rings. The van der Waals surface area contributed by atoms with E-state index in [1.807, 2.05) is 32.2 Å². The van der Waals surface area contributed by atoms with E-state index in [-0.39, 0.29) is 16.2 Å². The van der Waals surface area contributed by atoms with Crippen LogP contribution < -0.4 is 5.32 Å². The van der Waals surface area contributed by atoms with Crippen molar-refractivity contribution in [1.29, 1.82) is 0 Å². The summed E-state index contributed by atoms with van der Waals surface area (Å²) in [5.74, 6) is -0.742. The van der Waals surface area contributed by atoms with E-state index in [4.69, 9.17) is 0 Å². The zero-order valence-electron chi connectivity index (χ0n) is 18.3. The molecule has 0 aliphatic heterocycles. The Labute approximate surface area is 193 Å². The minimum Gasteiger partial charge on any atom is -0.348 e. The maximum atomic E-state index is 13.7. The summed E-state index contributed by atoms with van der Waals surface area (Å²) >= 11 is 0.652. The summed E-state index contributed by atoms with van der Waals surface area (Å²) in [4.78, 5) is 28.7. The van der Waals surface area contributed by atoms with E-state index in [9.17, 15) is 18.0 Å². The molecule has 33 heavy (non-hydrogen) atoms. The smallest absolute Gasteiger partial charge is 0.348 e. The highest BCUT2D eigenvalue weighted by atomic mass is 32.1. The van der Waals surface area contributed by atoms with E-state index in [1.165, 1.54) is 12.4 Å². The molecule has 1 amide bonds.